The molecular weight excluding hydrogens is 657 g/mol. The normalized spacial score (nSPS) is 19.7. The van der Waals surface area contributed by atoms with Crippen LogP contribution in [0.1, 0.15) is 19.3 Å². The van der Waals surface area contributed by atoms with Gasteiger partial charge in [0.05, 0.1) is 26.9 Å². The van der Waals surface area contributed by atoms with Crippen LogP contribution in [-0.4, -0.2) is 92.3 Å². The molecule has 46 heavy (non-hydrogen) atoms. The van der Waals surface area contributed by atoms with E-state index in [1.165, 1.54) is 35.6 Å². The summed E-state index contributed by atoms with van der Waals surface area (Å²) in [7, 11) is -9.91. The maximum absolute atomic E-state index is 13.6. The van der Waals surface area contributed by atoms with Crippen LogP contribution in [-0.2, 0) is 34.8 Å². The molecule has 13 nitrogen and oxygen atoms in total. The van der Waals surface area contributed by atoms with Crippen molar-refractivity contribution in [2.45, 2.75) is 51.7 Å². The quantitative estimate of drug-likeness (QED) is 0.214. The average molecular weight is 695 g/mol. The molecule has 1 spiro atoms. The summed E-state index contributed by atoms with van der Waals surface area (Å²) in [6, 6.07) is 18.5. The van der Waals surface area contributed by atoms with Crippen LogP contribution in [0.4, 0.5) is 0 Å². The molecule has 2 heterocycles. The van der Waals surface area contributed by atoms with Crippen LogP contribution in [0.3, 0.4) is 0 Å². The lowest BCUT2D eigenvalue weighted by molar-refractivity contribution is -0.0312. The largest absolute Gasteiger partial charge is 0.491 e. The van der Waals surface area contributed by atoms with Gasteiger partial charge in [-0.25, -0.2) is 35.1 Å². The maximum Gasteiger partial charge on any atom is 0.243 e. The Kier molecular flexibility index (Phi) is 10.2. The molecule has 2 fully saturated rings. The minimum Gasteiger partial charge on any atom is -0.491 e. The molecule has 2 aliphatic heterocycles. The van der Waals surface area contributed by atoms with E-state index in [1.807, 2.05) is 0 Å². The number of nitrogens with zero attached hydrogens (tertiary/aromatic N) is 1. The number of hydrogen-bond donors (Lipinski definition) is 4. The van der Waals surface area contributed by atoms with Crippen molar-refractivity contribution in [1.82, 2.24) is 14.3 Å². The first kappa shape index (κ1) is 34.4. The Bertz CT molecular complexity index is 1860. The number of primary sulfonamides is 1. The summed E-state index contributed by atoms with van der Waals surface area (Å²) in [5, 5.41) is 18.9. The highest BCUT2D eigenvalue weighted by atomic mass is 32.2. The number of piperidine rings is 1. The SMILES string of the molecule is CNS(=O)(=O)c1cccc(OC[C@@H](O)CN[C@H]2COC3(CCN(S(=O)(=O)c4cccc(-c5ccc(S(N)(=O)=O)cc5)c4)CC3)C2)c1. The monoisotopic (exact) mass is 694 g/mol. The summed E-state index contributed by atoms with van der Waals surface area (Å²) in [5.74, 6) is 0.325. The predicted molar refractivity (Wildman–Crippen MR) is 171 cm³/mol. The molecule has 5 N–H and O–H groups in total. The number of aliphatic hydroxyl groups is 1. The predicted octanol–water partition coefficient (Wildman–Crippen LogP) is 1.25. The third-order valence-corrected chi connectivity index (χ3v) is 12.5. The van der Waals surface area contributed by atoms with Gasteiger partial charge in [0.15, 0.2) is 0 Å². The molecular formula is C30H38N4O9S3. The second-order valence-electron chi connectivity index (χ2n) is 11.5. The van der Waals surface area contributed by atoms with E-state index < -0.39 is 41.8 Å². The van der Waals surface area contributed by atoms with Gasteiger partial charge in [-0.1, -0.05) is 30.3 Å². The maximum atomic E-state index is 13.6. The fourth-order valence-electron chi connectivity index (χ4n) is 5.68. The molecule has 2 atom stereocenters. The zero-order valence-corrected chi connectivity index (χ0v) is 27.7. The second kappa shape index (κ2) is 13.7. The number of sulfonamides is 3. The van der Waals surface area contributed by atoms with Gasteiger partial charge in [0.25, 0.3) is 0 Å². The summed E-state index contributed by atoms with van der Waals surface area (Å²) in [4.78, 5) is 0.188. The lowest BCUT2D eigenvalue weighted by Crippen LogP contribution is -2.47. The Hall–Kier alpha value is -2.93. The highest BCUT2D eigenvalue weighted by Crippen LogP contribution is 2.37. The van der Waals surface area contributed by atoms with E-state index in [4.69, 9.17) is 14.6 Å². The van der Waals surface area contributed by atoms with E-state index in [-0.39, 0.29) is 33.9 Å². The number of nitrogens with two attached hydrogens (primary N) is 1. The molecule has 2 saturated heterocycles. The van der Waals surface area contributed by atoms with E-state index in [9.17, 15) is 30.4 Å². The first-order valence-electron chi connectivity index (χ1n) is 14.7. The molecule has 3 aromatic rings. The van der Waals surface area contributed by atoms with Crippen LogP contribution in [0.2, 0.25) is 0 Å². The fourth-order valence-corrected chi connectivity index (χ4v) is 8.45. The van der Waals surface area contributed by atoms with E-state index in [1.54, 1.807) is 48.5 Å². The molecule has 2 aliphatic rings. The smallest absolute Gasteiger partial charge is 0.243 e. The van der Waals surface area contributed by atoms with Crippen molar-refractivity contribution in [3.05, 3.63) is 72.8 Å². The van der Waals surface area contributed by atoms with E-state index >= 15 is 0 Å². The zero-order valence-electron chi connectivity index (χ0n) is 25.2. The van der Waals surface area contributed by atoms with Crippen LogP contribution in [0, 0.1) is 0 Å². The Labute approximate surface area is 269 Å². The third kappa shape index (κ3) is 7.95. The van der Waals surface area contributed by atoms with Gasteiger partial charge in [0.1, 0.15) is 18.5 Å². The first-order valence-corrected chi connectivity index (χ1v) is 19.1. The van der Waals surface area contributed by atoms with Gasteiger partial charge in [-0.2, -0.15) is 4.31 Å². The van der Waals surface area contributed by atoms with Crippen LogP contribution < -0.4 is 19.9 Å². The van der Waals surface area contributed by atoms with Crippen LogP contribution in [0.5, 0.6) is 5.75 Å². The molecule has 0 unspecified atom stereocenters. The van der Waals surface area contributed by atoms with Crippen LogP contribution in [0.15, 0.2) is 87.5 Å². The van der Waals surface area contributed by atoms with Crippen molar-refractivity contribution >= 4 is 30.1 Å². The third-order valence-electron chi connectivity index (χ3n) is 8.30. The summed E-state index contributed by atoms with van der Waals surface area (Å²) in [6.45, 7) is 1.21. The summed E-state index contributed by atoms with van der Waals surface area (Å²) in [6.07, 6.45) is 0.867. The van der Waals surface area contributed by atoms with E-state index in [0.717, 1.165) is 0 Å². The molecule has 0 bridgehead atoms. The van der Waals surface area contributed by atoms with Crippen molar-refractivity contribution in [2.24, 2.45) is 5.14 Å². The summed E-state index contributed by atoms with van der Waals surface area (Å²) in [5.41, 5.74) is 0.828. The number of hydrogen-bond acceptors (Lipinski definition) is 10. The molecule has 0 amide bonds. The minimum atomic E-state index is -3.84. The van der Waals surface area contributed by atoms with Crippen LogP contribution in [0.25, 0.3) is 11.1 Å². The molecule has 0 aliphatic carbocycles. The Morgan fingerprint density at radius 2 is 1.61 bits per heavy atom. The minimum absolute atomic E-state index is 0.0257. The summed E-state index contributed by atoms with van der Waals surface area (Å²) < 4.78 is 89.7. The standard InChI is InChI=1S/C30H38N4O9S3/c1-32-45(38,39)28-6-3-5-26(17-28)42-21-25(35)19-33-24-18-30(43-20-24)12-14-34(15-13-30)46(40,41)29-7-2-4-23(16-29)22-8-10-27(11-9-22)44(31,36)37/h2-11,16-17,24-25,32-33,35H,12-15,18-21H2,1H3,(H2,31,36,37)/t24-,25+/m1/s1. The highest BCUT2D eigenvalue weighted by Gasteiger charge is 2.44. The fraction of sp³-hybridized carbons (Fsp3) is 0.400. The van der Waals surface area contributed by atoms with Gasteiger partial charge >= 0.3 is 0 Å². The van der Waals surface area contributed by atoms with Gasteiger partial charge in [-0.3, -0.25) is 0 Å². The molecule has 5 rings (SSSR count). The molecule has 16 heteroatoms. The second-order valence-corrected chi connectivity index (χ2v) is 16.8. The molecule has 0 saturated carbocycles. The van der Waals surface area contributed by atoms with Gasteiger partial charge in [0.2, 0.25) is 30.1 Å². The van der Waals surface area contributed by atoms with E-state index in [0.29, 0.717) is 55.8 Å². The van der Waals surface area contributed by atoms with Crippen molar-refractivity contribution in [3.8, 4) is 16.9 Å². The Morgan fingerprint density at radius 1 is 0.935 bits per heavy atom. The van der Waals surface area contributed by atoms with Gasteiger partial charge in [0, 0.05) is 31.7 Å². The number of nitrogens with one attached hydrogen (secondary N) is 2. The lowest BCUT2D eigenvalue weighted by Gasteiger charge is -2.38. The Balaban J connectivity index is 1.11. The van der Waals surface area contributed by atoms with E-state index in [2.05, 4.69) is 10.0 Å². The molecule has 3 aromatic carbocycles. The number of rotatable bonds is 12. The molecule has 250 valence electrons. The zero-order chi connectivity index (χ0) is 33.2. The average Bonchev–Trinajstić information content (AvgIpc) is 3.44. The topological polar surface area (TPSA) is 194 Å². The van der Waals surface area contributed by atoms with Crippen molar-refractivity contribution in [1.29, 1.82) is 0 Å². The van der Waals surface area contributed by atoms with Crippen molar-refractivity contribution in [2.75, 3.05) is 39.9 Å². The van der Waals surface area contributed by atoms with Crippen molar-refractivity contribution in [3.63, 3.8) is 0 Å². The summed E-state index contributed by atoms with van der Waals surface area (Å²) >= 11 is 0. The highest BCUT2D eigenvalue weighted by molar-refractivity contribution is 7.89. The van der Waals surface area contributed by atoms with Crippen LogP contribution >= 0.6 is 0 Å². The van der Waals surface area contributed by atoms with Gasteiger partial charge in [-0.15, -0.1) is 0 Å². The lowest BCUT2D eigenvalue weighted by atomic mass is 9.88. The Morgan fingerprint density at radius 3 is 2.28 bits per heavy atom. The van der Waals surface area contributed by atoms with Gasteiger partial charge < -0.3 is 19.9 Å². The molecule has 0 aromatic heterocycles. The number of ether oxygens (including phenoxy) is 2. The number of benzene rings is 3. The molecule has 0 radical (unpaired) electrons. The number of aliphatic hydroxyl groups excluding tert-OH is 1. The van der Waals surface area contributed by atoms with Crippen molar-refractivity contribution < 1.29 is 39.8 Å². The van der Waals surface area contributed by atoms with Gasteiger partial charge in [-0.05, 0) is 73.8 Å². The first-order chi connectivity index (χ1) is 21.7.